The molecule has 6 unspecified atom stereocenters. The summed E-state index contributed by atoms with van der Waals surface area (Å²) in [6, 6.07) is 25.9. The molecule has 6 aliphatic heterocycles. The number of nitrogens with one attached hydrogen (secondary N) is 1. The van der Waals surface area contributed by atoms with Gasteiger partial charge in [0.1, 0.15) is 17.6 Å². The highest BCUT2D eigenvalue weighted by Crippen LogP contribution is 2.49. The van der Waals surface area contributed by atoms with E-state index in [1.165, 1.54) is 30.1 Å². The second-order valence-corrected chi connectivity index (χ2v) is 33.3. The Morgan fingerprint density at radius 1 is 0.532 bits per heavy atom. The number of amides is 7. The predicted molar refractivity (Wildman–Crippen MR) is 409 cm³/mol. The first-order valence-corrected chi connectivity index (χ1v) is 39.5. The van der Waals surface area contributed by atoms with Crippen LogP contribution in [0.2, 0.25) is 25.1 Å². The minimum absolute atomic E-state index is 0.0103. The van der Waals surface area contributed by atoms with Crippen molar-refractivity contribution in [3.05, 3.63) is 167 Å². The summed E-state index contributed by atoms with van der Waals surface area (Å²) in [5.74, 6) is -2.47. The van der Waals surface area contributed by atoms with Gasteiger partial charge >= 0.3 is 12.4 Å². The van der Waals surface area contributed by atoms with Gasteiger partial charge in [-0.15, -0.1) is 0 Å². The zero-order valence-corrected chi connectivity index (χ0v) is 66.5. The fourth-order valence-electron chi connectivity index (χ4n) is 16.4. The highest BCUT2D eigenvalue weighted by Gasteiger charge is 2.51. The number of hydrogen-bond acceptors (Lipinski definition) is 11. The van der Waals surface area contributed by atoms with E-state index in [1.54, 1.807) is 69.1 Å². The van der Waals surface area contributed by atoms with Gasteiger partial charge in [0.05, 0.1) is 56.8 Å². The quantitative estimate of drug-likeness (QED) is 0.0925. The number of methoxy groups -OCH3 is 1. The molecular formula is C81H92Cl5F7N10O8. The average Bonchev–Trinajstić information content (AvgIpc) is 1.63. The van der Waals surface area contributed by atoms with Gasteiger partial charge in [-0.2, -0.15) is 31.6 Å². The molecule has 6 saturated heterocycles. The van der Waals surface area contributed by atoms with Crippen LogP contribution >= 0.6 is 58.0 Å². The molecular weight excluding hydrogens is 1550 g/mol. The molecule has 6 atom stereocenters. The molecule has 8 aliphatic rings. The number of carbonyl (C=O) groups is 7. The number of likely N-dealkylation sites (tertiary alicyclic amines) is 6. The van der Waals surface area contributed by atoms with Gasteiger partial charge in [-0.25, -0.2) is 4.39 Å². The summed E-state index contributed by atoms with van der Waals surface area (Å²) in [6.07, 6.45) is -2.42. The van der Waals surface area contributed by atoms with Crippen LogP contribution in [0.4, 0.5) is 30.7 Å². The van der Waals surface area contributed by atoms with Crippen LogP contribution in [0, 0.1) is 45.7 Å². The maximum atomic E-state index is 13.9. The van der Waals surface area contributed by atoms with E-state index in [2.05, 4.69) is 12.2 Å². The molecule has 111 heavy (non-hydrogen) atoms. The van der Waals surface area contributed by atoms with Crippen LogP contribution in [-0.4, -0.2) is 218 Å². The molecule has 6 heterocycles. The van der Waals surface area contributed by atoms with Crippen molar-refractivity contribution in [3.63, 3.8) is 0 Å². The summed E-state index contributed by atoms with van der Waals surface area (Å²) < 4.78 is 97.4. The molecule has 0 bridgehead atoms. The first-order chi connectivity index (χ1) is 52.5. The number of piperidine rings is 3. The lowest BCUT2D eigenvalue weighted by molar-refractivity contribution is -0.142. The average molecular weight is 1640 g/mol. The van der Waals surface area contributed by atoms with Crippen molar-refractivity contribution < 1.29 is 69.0 Å². The molecule has 0 spiro atoms. The summed E-state index contributed by atoms with van der Waals surface area (Å²) in [4.78, 5) is 107. The van der Waals surface area contributed by atoms with Gasteiger partial charge in [-0.1, -0.05) is 96.1 Å². The van der Waals surface area contributed by atoms with Gasteiger partial charge in [0, 0.05) is 155 Å². The molecule has 2 aliphatic carbocycles. The zero-order chi connectivity index (χ0) is 80.3. The van der Waals surface area contributed by atoms with E-state index in [9.17, 15) is 69.6 Å². The Balaban J connectivity index is 0.000000168. The number of carbonyl (C=O) groups excluding carboxylic acids is 7. The van der Waals surface area contributed by atoms with Crippen molar-refractivity contribution >= 4 is 99.4 Å². The topological polar surface area (TPSA) is 190 Å². The van der Waals surface area contributed by atoms with Crippen LogP contribution in [0.3, 0.4) is 0 Å². The highest BCUT2D eigenvalue weighted by atomic mass is 35.5. The number of alkyl halides is 6. The number of nitrogens with zero attached hydrogens (tertiary/aromatic N) is 9. The molecule has 1 N–H and O–H groups in total. The molecule has 598 valence electrons. The molecule has 2 saturated carbocycles. The normalized spacial score (nSPS) is 22.7. The standard InChI is InChI=1S/C30H31Cl2FN4O3.C29H32ClF6N3O3.C22H29Cl2N3O2/c1-30(9-10-30)29(40)36-11-7-18(8-12-36)28(39)37-16-22(19-3-5-23(31)24(32)14-19)26(17-37)35(2)27(38)20-4-6-25(33)21(13-20)15-34;1-37(26(40)20-5-8-25(42-2)23(15-20)29(34,35)36)24-17-39(16-22(24)18-3-6-21(30)7-4-18)27(41)19-9-12-38(13-10-19)14-11-28(31,32)33;1-22(7-8-22)21(29)26-9-5-14(6-10-26)20(28)27-12-16(19(13-27)25-2)15-3-4-17(23)18(24)11-15/h3-6,13-14,18,22,26H,7-12,16-17H2,1-2H3;3-8,15,19,22,24H,9-14,16-17H2,1-2H3;3-4,11,14,16,19,25H,5-10,12-13H2,1-2H3. The van der Waals surface area contributed by atoms with Crippen molar-refractivity contribution in [2.24, 2.45) is 28.6 Å². The molecule has 5 aromatic rings. The van der Waals surface area contributed by atoms with Gasteiger partial charge in [0.15, 0.2) is 0 Å². The fourth-order valence-corrected chi connectivity index (χ4v) is 17.1. The molecule has 13 rings (SSSR count). The lowest BCUT2D eigenvalue weighted by atomic mass is 9.93. The van der Waals surface area contributed by atoms with Crippen molar-refractivity contribution in [1.29, 1.82) is 5.26 Å². The summed E-state index contributed by atoms with van der Waals surface area (Å²) >= 11 is 30.8. The Hall–Kier alpha value is -7.44. The van der Waals surface area contributed by atoms with E-state index in [4.69, 9.17) is 62.7 Å². The van der Waals surface area contributed by atoms with E-state index in [0.29, 0.717) is 116 Å². The number of rotatable bonds is 16. The van der Waals surface area contributed by atoms with Crippen LogP contribution in [0.5, 0.6) is 5.75 Å². The highest BCUT2D eigenvalue weighted by molar-refractivity contribution is 6.42. The summed E-state index contributed by atoms with van der Waals surface area (Å²) in [7, 11) is 6.21. The molecule has 18 nitrogen and oxygen atoms in total. The van der Waals surface area contributed by atoms with E-state index in [0.717, 1.165) is 80.5 Å². The Bertz CT molecular complexity index is 4310. The minimum Gasteiger partial charge on any atom is -0.496 e. The van der Waals surface area contributed by atoms with Gasteiger partial charge < -0.3 is 49.3 Å². The van der Waals surface area contributed by atoms with Gasteiger partial charge in [0.2, 0.25) is 29.5 Å². The lowest BCUT2D eigenvalue weighted by Crippen LogP contribution is -2.46. The number of likely N-dealkylation sites (N-methyl/N-ethyl adjacent to an activating group) is 3. The second-order valence-electron chi connectivity index (χ2n) is 31.3. The lowest BCUT2D eigenvalue weighted by Gasteiger charge is -2.34. The first-order valence-electron chi connectivity index (χ1n) is 37.6. The van der Waals surface area contributed by atoms with Crippen LogP contribution in [0.15, 0.2) is 97.1 Å². The summed E-state index contributed by atoms with van der Waals surface area (Å²) in [5.41, 5.74) is 1.17. The number of benzene rings is 5. The Morgan fingerprint density at radius 3 is 1.37 bits per heavy atom. The molecule has 0 aromatic heterocycles. The van der Waals surface area contributed by atoms with E-state index in [1.807, 2.05) is 52.9 Å². The fraction of sp³-hybridized carbons (Fsp3) is 0.531. The number of hydrogen-bond donors (Lipinski definition) is 1. The van der Waals surface area contributed by atoms with Gasteiger partial charge in [-0.05, 0) is 174 Å². The minimum atomic E-state index is -4.73. The van der Waals surface area contributed by atoms with Gasteiger partial charge in [-0.3, -0.25) is 33.6 Å². The SMILES string of the molecule is CN(C(=O)c1ccc(F)c(C#N)c1)C1CN(C(=O)C2CCN(C(=O)C3(C)CC3)CC2)CC1c1ccc(Cl)c(Cl)c1.CNC1CN(C(=O)C2CCN(C(=O)C3(C)CC3)CC2)CC1c1ccc(Cl)c(Cl)c1.COc1ccc(C(=O)N(C)C2CN(C(=O)C3CCN(CCC(F)(F)F)CC3)CC2c2ccc(Cl)cc2)cc1C(F)(F)F. The maximum absolute atomic E-state index is 13.9. The largest absolute Gasteiger partial charge is 0.496 e. The maximum Gasteiger partial charge on any atom is 0.419 e. The van der Waals surface area contributed by atoms with Crippen LogP contribution < -0.4 is 10.1 Å². The third kappa shape index (κ3) is 19.9. The Morgan fingerprint density at radius 2 is 0.946 bits per heavy atom. The first kappa shape index (κ1) is 84.5. The Labute approximate surface area is 667 Å². The van der Waals surface area contributed by atoms with E-state index in [-0.39, 0.29) is 130 Å². The second kappa shape index (κ2) is 35.1. The van der Waals surface area contributed by atoms with Gasteiger partial charge in [0.25, 0.3) is 11.8 Å². The smallest absolute Gasteiger partial charge is 0.419 e. The molecule has 0 radical (unpaired) electrons. The van der Waals surface area contributed by atoms with Crippen molar-refractivity contribution in [3.8, 4) is 11.8 Å². The van der Waals surface area contributed by atoms with Crippen LogP contribution in [0.1, 0.15) is 151 Å². The van der Waals surface area contributed by atoms with Crippen LogP contribution in [-0.2, 0) is 30.1 Å². The van der Waals surface area contributed by atoms with E-state index >= 15 is 0 Å². The van der Waals surface area contributed by atoms with Crippen LogP contribution in [0.25, 0.3) is 0 Å². The van der Waals surface area contributed by atoms with E-state index < -0.39 is 47.9 Å². The molecule has 30 heteroatoms. The van der Waals surface area contributed by atoms with Crippen molar-refractivity contribution in [1.82, 2.24) is 44.5 Å². The third-order valence-electron chi connectivity index (χ3n) is 23.9. The molecule has 5 aromatic carbocycles. The van der Waals surface area contributed by atoms with Crippen molar-refractivity contribution in [2.75, 3.05) is 113 Å². The Kier molecular flexibility index (Phi) is 26.7. The summed E-state index contributed by atoms with van der Waals surface area (Å²) in [5, 5.41) is 15.0. The monoisotopic (exact) mass is 1640 g/mol. The third-order valence-corrected chi connectivity index (χ3v) is 25.6. The predicted octanol–water partition coefficient (Wildman–Crippen LogP) is 14.8. The number of halogens is 12. The zero-order valence-electron chi connectivity index (χ0n) is 62.7. The molecule has 7 amide bonds. The van der Waals surface area contributed by atoms with Crippen molar-refractivity contribution in [2.45, 2.75) is 133 Å². The number of nitriles is 1. The number of ether oxygens (including phenoxy) is 1. The summed E-state index contributed by atoms with van der Waals surface area (Å²) in [6.45, 7) is 9.75. The molecule has 8 fully saturated rings.